The highest BCUT2D eigenvalue weighted by Crippen LogP contribution is 2.38. The van der Waals surface area contributed by atoms with E-state index in [1.54, 1.807) is 18.2 Å². The molecular weight excluding hydrogens is 357 g/mol. The van der Waals surface area contributed by atoms with Crippen LogP contribution in [0.1, 0.15) is 11.1 Å². The molecule has 20 heavy (non-hydrogen) atoms. The Labute approximate surface area is 127 Å². The summed E-state index contributed by atoms with van der Waals surface area (Å²) < 4.78 is 44.5. The minimum atomic E-state index is -4.45. The monoisotopic (exact) mass is 364 g/mol. The van der Waals surface area contributed by atoms with Gasteiger partial charge in [0, 0.05) is 10.4 Å². The summed E-state index contributed by atoms with van der Waals surface area (Å²) in [6, 6.07) is 9.95. The molecule has 0 heterocycles. The molecule has 6 heteroatoms. The summed E-state index contributed by atoms with van der Waals surface area (Å²) in [6.07, 6.45) is -4.45. The van der Waals surface area contributed by atoms with E-state index in [9.17, 15) is 13.2 Å². The van der Waals surface area contributed by atoms with Crippen molar-refractivity contribution in [2.75, 3.05) is 0 Å². The Hall–Kier alpha value is -1.20. The van der Waals surface area contributed by atoms with Crippen molar-refractivity contribution >= 4 is 27.5 Å². The average Bonchev–Trinajstić information content (AvgIpc) is 2.38. The van der Waals surface area contributed by atoms with Crippen LogP contribution in [0.3, 0.4) is 0 Å². The molecule has 0 saturated heterocycles. The Kier molecular flexibility index (Phi) is 4.60. The van der Waals surface area contributed by atoms with Crippen LogP contribution in [0.5, 0.6) is 11.5 Å². The summed E-state index contributed by atoms with van der Waals surface area (Å²) in [6.45, 7) is 0. The molecule has 0 radical (unpaired) electrons. The number of ether oxygens (including phenoxy) is 1. The highest BCUT2D eigenvalue weighted by molar-refractivity contribution is 9.10. The van der Waals surface area contributed by atoms with E-state index in [4.69, 9.17) is 16.3 Å². The predicted octanol–water partition coefficient (Wildman–Crippen LogP) is 6.00. The van der Waals surface area contributed by atoms with Crippen molar-refractivity contribution in [1.29, 1.82) is 0 Å². The van der Waals surface area contributed by atoms with Crippen LogP contribution in [0.15, 0.2) is 46.9 Å². The number of benzene rings is 2. The van der Waals surface area contributed by atoms with E-state index in [0.717, 1.165) is 11.6 Å². The lowest BCUT2D eigenvalue weighted by atomic mass is 10.2. The van der Waals surface area contributed by atoms with Crippen molar-refractivity contribution in [1.82, 2.24) is 0 Å². The molecule has 0 aliphatic carbocycles. The van der Waals surface area contributed by atoms with Crippen molar-refractivity contribution in [3.63, 3.8) is 0 Å². The maximum absolute atomic E-state index is 12.8. The van der Waals surface area contributed by atoms with Crippen LogP contribution in [-0.2, 0) is 12.1 Å². The van der Waals surface area contributed by atoms with E-state index in [-0.39, 0.29) is 5.75 Å². The van der Waals surface area contributed by atoms with Crippen molar-refractivity contribution in [3.05, 3.63) is 58.1 Å². The molecule has 2 rings (SSSR count). The van der Waals surface area contributed by atoms with Crippen LogP contribution in [0, 0.1) is 0 Å². The first-order valence-electron chi connectivity index (χ1n) is 5.60. The number of hydrogen-bond acceptors (Lipinski definition) is 1. The number of halogens is 5. The highest BCUT2D eigenvalue weighted by atomic mass is 79.9. The Bertz CT molecular complexity index is 614. The fourth-order valence-electron chi connectivity index (χ4n) is 1.62. The second-order valence-electron chi connectivity index (χ2n) is 3.98. The minimum absolute atomic E-state index is 0.231. The summed E-state index contributed by atoms with van der Waals surface area (Å²) in [5.41, 5.74) is 0.0284. The fraction of sp³-hybridized carbons (Fsp3) is 0.143. The van der Waals surface area contributed by atoms with Gasteiger partial charge in [0.15, 0.2) is 0 Å². The summed E-state index contributed by atoms with van der Waals surface area (Å²) in [7, 11) is 0. The van der Waals surface area contributed by atoms with E-state index in [1.807, 2.05) is 0 Å². The summed E-state index contributed by atoms with van der Waals surface area (Å²) in [5.74, 6) is 0.382. The first-order chi connectivity index (χ1) is 9.41. The Morgan fingerprint density at radius 2 is 1.80 bits per heavy atom. The van der Waals surface area contributed by atoms with E-state index < -0.39 is 11.7 Å². The average molecular weight is 366 g/mol. The van der Waals surface area contributed by atoms with Crippen LogP contribution in [-0.4, -0.2) is 0 Å². The zero-order valence-electron chi connectivity index (χ0n) is 10.0. The van der Waals surface area contributed by atoms with Crippen molar-refractivity contribution in [3.8, 4) is 11.5 Å². The molecule has 0 saturated carbocycles. The lowest BCUT2D eigenvalue weighted by Crippen LogP contribution is -2.06. The quantitative estimate of drug-likeness (QED) is 0.606. The van der Waals surface area contributed by atoms with Gasteiger partial charge in [0.2, 0.25) is 0 Å². The van der Waals surface area contributed by atoms with Gasteiger partial charge < -0.3 is 4.74 Å². The maximum atomic E-state index is 12.8. The van der Waals surface area contributed by atoms with E-state index in [2.05, 4.69) is 15.9 Å². The summed E-state index contributed by atoms with van der Waals surface area (Å²) in [5, 5.41) is 0. The van der Waals surface area contributed by atoms with Crippen LogP contribution >= 0.6 is 27.5 Å². The van der Waals surface area contributed by atoms with Gasteiger partial charge in [-0.25, -0.2) is 0 Å². The van der Waals surface area contributed by atoms with Gasteiger partial charge in [-0.15, -0.1) is 11.6 Å². The van der Waals surface area contributed by atoms with Gasteiger partial charge in [-0.05, 0) is 29.8 Å². The van der Waals surface area contributed by atoms with Gasteiger partial charge in [-0.3, -0.25) is 0 Å². The smallest absolute Gasteiger partial charge is 0.419 e. The molecule has 0 bridgehead atoms. The molecule has 0 atom stereocenters. The molecule has 0 aromatic heterocycles. The molecule has 0 aliphatic rings. The van der Waals surface area contributed by atoms with Crippen molar-refractivity contribution in [2.45, 2.75) is 12.1 Å². The van der Waals surface area contributed by atoms with Gasteiger partial charge >= 0.3 is 6.18 Å². The molecule has 0 fully saturated rings. The Balaban J connectivity index is 2.33. The Morgan fingerprint density at radius 3 is 2.40 bits per heavy atom. The zero-order valence-corrected chi connectivity index (χ0v) is 12.4. The normalized spacial score (nSPS) is 11.4. The van der Waals surface area contributed by atoms with Gasteiger partial charge in [0.05, 0.1) is 5.56 Å². The van der Waals surface area contributed by atoms with Crippen molar-refractivity contribution in [2.24, 2.45) is 0 Å². The fourth-order valence-corrected chi connectivity index (χ4v) is 2.51. The molecule has 0 amide bonds. The second kappa shape index (κ2) is 6.06. The minimum Gasteiger partial charge on any atom is -0.457 e. The summed E-state index contributed by atoms with van der Waals surface area (Å²) in [4.78, 5) is 0. The molecule has 0 aliphatic heterocycles. The number of hydrogen-bond donors (Lipinski definition) is 0. The Morgan fingerprint density at radius 1 is 1.10 bits per heavy atom. The van der Waals surface area contributed by atoms with Crippen molar-refractivity contribution < 1.29 is 17.9 Å². The van der Waals surface area contributed by atoms with E-state index in [1.165, 1.54) is 18.2 Å². The molecule has 0 N–H and O–H groups in total. The third kappa shape index (κ3) is 3.46. The molecule has 2 aromatic rings. The third-order valence-electron chi connectivity index (χ3n) is 2.59. The molecule has 0 spiro atoms. The van der Waals surface area contributed by atoms with E-state index >= 15 is 0 Å². The lowest BCUT2D eigenvalue weighted by molar-refractivity contribution is -0.138. The van der Waals surface area contributed by atoms with Gasteiger partial charge in [-0.1, -0.05) is 34.1 Å². The van der Waals surface area contributed by atoms with Crippen LogP contribution in [0.25, 0.3) is 0 Å². The van der Waals surface area contributed by atoms with E-state index in [0.29, 0.717) is 16.1 Å². The standard InChI is InChI=1S/C14H9BrClF3O/c15-12-7-10(6-5-9(12)8-16)20-13-4-2-1-3-11(13)14(17,18)19/h1-7H,8H2. The molecule has 106 valence electrons. The zero-order chi connectivity index (χ0) is 14.8. The van der Waals surface area contributed by atoms with Crippen LogP contribution in [0.4, 0.5) is 13.2 Å². The first-order valence-corrected chi connectivity index (χ1v) is 6.93. The van der Waals surface area contributed by atoms with Crippen LogP contribution in [0.2, 0.25) is 0 Å². The molecule has 1 nitrogen and oxygen atoms in total. The molecular formula is C14H9BrClF3O. The van der Waals surface area contributed by atoms with Gasteiger partial charge in [0.25, 0.3) is 0 Å². The van der Waals surface area contributed by atoms with Gasteiger partial charge in [-0.2, -0.15) is 13.2 Å². The third-order valence-corrected chi connectivity index (χ3v) is 3.61. The number of para-hydroxylation sites is 1. The SMILES string of the molecule is FC(F)(F)c1ccccc1Oc1ccc(CCl)c(Br)c1. The maximum Gasteiger partial charge on any atom is 0.419 e. The molecule has 2 aromatic carbocycles. The van der Waals surface area contributed by atoms with Gasteiger partial charge in [0.1, 0.15) is 11.5 Å². The highest BCUT2D eigenvalue weighted by Gasteiger charge is 2.34. The topological polar surface area (TPSA) is 9.23 Å². The predicted molar refractivity (Wildman–Crippen MR) is 75.2 cm³/mol. The van der Waals surface area contributed by atoms with Crippen LogP contribution < -0.4 is 4.74 Å². The number of alkyl halides is 4. The number of rotatable bonds is 3. The summed E-state index contributed by atoms with van der Waals surface area (Å²) >= 11 is 9.00. The largest absolute Gasteiger partial charge is 0.457 e. The second-order valence-corrected chi connectivity index (χ2v) is 5.10. The molecule has 0 unspecified atom stereocenters. The first kappa shape index (κ1) is 15.2. The lowest BCUT2D eigenvalue weighted by Gasteiger charge is -2.14.